The van der Waals surface area contributed by atoms with Gasteiger partial charge in [-0.05, 0) is 26.1 Å². The monoisotopic (exact) mass is 302 g/mol. The van der Waals surface area contributed by atoms with Crippen LogP contribution >= 0.6 is 11.3 Å². The van der Waals surface area contributed by atoms with Crippen LogP contribution in [0.3, 0.4) is 0 Å². The second-order valence-corrected chi connectivity index (χ2v) is 6.22. The lowest BCUT2D eigenvalue weighted by molar-refractivity contribution is 0.0528. The van der Waals surface area contributed by atoms with Crippen molar-refractivity contribution in [2.24, 2.45) is 0 Å². The van der Waals surface area contributed by atoms with Crippen molar-refractivity contribution in [2.45, 2.75) is 13.0 Å². The smallest absolute Gasteiger partial charge is 0.273 e. The Balaban J connectivity index is 1.78. The SMILES string of the molecule is CC1CN(C)CCN1C(=O)c1csc(-c2ccccn2)n1. The standard InChI is InChI=1S/C15H18N4OS/c1-11-9-18(2)7-8-19(11)15(20)13-10-21-14(17-13)12-5-3-4-6-16-12/h3-6,10-11H,7-9H2,1-2H3. The molecule has 1 amide bonds. The molecule has 6 heteroatoms. The third-order valence-electron chi connectivity index (χ3n) is 3.70. The minimum Gasteiger partial charge on any atom is -0.332 e. The molecule has 0 bridgehead atoms. The van der Waals surface area contributed by atoms with Crippen LogP contribution < -0.4 is 0 Å². The molecule has 21 heavy (non-hydrogen) atoms. The minimum absolute atomic E-state index is 0.0223. The Morgan fingerprint density at radius 1 is 1.38 bits per heavy atom. The molecule has 1 unspecified atom stereocenters. The van der Waals surface area contributed by atoms with Crippen molar-refractivity contribution in [1.29, 1.82) is 0 Å². The largest absolute Gasteiger partial charge is 0.332 e. The molecule has 1 fully saturated rings. The first-order chi connectivity index (χ1) is 10.1. The van der Waals surface area contributed by atoms with Gasteiger partial charge >= 0.3 is 0 Å². The maximum absolute atomic E-state index is 12.6. The van der Waals surface area contributed by atoms with Crippen molar-refractivity contribution in [2.75, 3.05) is 26.7 Å². The average molecular weight is 302 g/mol. The molecule has 2 aromatic heterocycles. The van der Waals surface area contributed by atoms with Crippen LogP contribution in [0.25, 0.3) is 10.7 Å². The van der Waals surface area contributed by atoms with Crippen LogP contribution in [0.15, 0.2) is 29.8 Å². The topological polar surface area (TPSA) is 49.3 Å². The molecule has 0 spiro atoms. The quantitative estimate of drug-likeness (QED) is 0.851. The van der Waals surface area contributed by atoms with Gasteiger partial charge in [0, 0.05) is 37.3 Å². The molecular formula is C15H18N4OS. The van der Waals surface area contributed by atoms with Crippen LogP contribution in [0.4, 0.5) is 0 Å². The number of carbonyl (C=O) groups excluding carboxylic acids is 1. The predicted octanol–water partition coefficient (Wildman–Crippen LogP) is 1.98. The molecule has 5 nitrogen and oxygen atoms in total. The van der Waals surface area contributed by atoms with Crippen LogP contribution in [0.1, 0.15) is 17.4 Å². The fourth-order valence-electron chi connectivity index (χ4n) is 2.57. The molecule has 2 aromatic rings. The first-order valence-corrected chi connectivity index (χ1v) is 7.89. The Morgan fingerprint density at radius 3 is 2.95 bits per heavy atom. The summed E-state index contributed by atoms with van der Waals surface area (Å²) in [6.07, 6.45) is 1.74. The highest BCUT2D eigenvalue weighted by atomic mass is 32.1. The van der Waals surface area contributed by atoms with E-state index >= 15 is 0 Å². The van der Waals surface area contributed by atoms with Crippen LogP contribution in [0, 0.1) is 0 Å². The summed E-state index contributed by atoms with van der Waals surface area (Å²) in [6.45, 7) is 4.66. The van der Waals surface area contributed by atoms with E-state index in [4.69, 9.17) is 0 Å². The number of likely N-dealkylation sites (N-methyl/N-ethyl adjacent to an activating group) is 1. The Hall–Kier alpha value is -1.79. The molecule has 0 N–H and O–H groups in total. The zero-order valence-electron chi connectivity index (χ0n) is 12.2. The van der Waals surface area contributed by atoms with E-state index in [2.05, 4.69) is 28.8 Å². The van der Waals surface area contributed by atoms with Crippen LogP contribution in [0.5, 0.6) is 0 Å². The predicted molar refractivity (Wildman–Crippen MR) is 83.3 cm³/mol. The van der Waals surface area contributed by atoms with E-state index in [1.165, 1.54) is 11.3 Å². The highest BCUT2D eigenvalue weighted by Crippen LogP contribution is 2.23. The maximum Gasteiger partial charge on any atom is 0.273 e. The van der Waals surface area contributed by atoms with Gasteiger partial charge in [-0.1, -0.05) is 6.07 Å². The van der Waals surface area contributed by atoms with Crippen LogP contribution in [-0.2, 0) is 0 Å². The number of hydrogen-bond donors (Lipinski definition) is 0. The fraction of sp³-hybridized carbons (Fsp3) is 0.400. The zero-order chi connectivity index (χ0) is 14.8. The molecule has 0 saturated carbocycles. The van der Waals surface area contributed by atoms with Crippen molar-refractivity contribution in [1.82, 2.24) is 19.8 Å². The normalized spacial score (nSPS) is 19.7. The molecule has 0 radical (unpaired) electrons. The summed E-state index contributed by atoms with van der Waals surface area (Å²) in [5.74, 6) is 0.0223. The number of amides is 1. The van der Waals surface area contributed by atoms with Gasteiger partial charge in [0.2, 0.25) is 0 Å². The number of pyridine rings is 1. The van der Waals surface area contributed by atoms with Gasteiger partial charge in [-0.2, -0.15) is 0 Å². The van der Waals surface area contributed by atoms with E-state index in [9.17, 15) is 4.79 Å². The summed E-state index contributed by atoms with van der Waals surface area (Å²) in [5.41, 5.74) is 1.34. The third kappa shape index (κ3) is 2.96. The number of aromatic nitrogens is 2. The van der Waals surface area contributed by atoms with E-state index in [0.717, 1.165) is 30.3 Å². The van der Waals surface area contributed by atoms with E-state index in [0.29, 0.717) is 5.69 Å². The molecule has 3 heterocycles. The Bertz CT molecular complexity index is 628. The van der Waals surface area contributed by atoms with E-state index in [1.807, 2.05) is 28.5 Å². The van der Waals surface area contributed by atoms with Crippen molar-refractivity contribution in [3.63, 3.8) is 0 Å². The van der Waals surface area contributed by atoms with Gasteiger partial charge in [-0.3, -0.25) is 9.78 Å². The first kappa shape index (κ1) is 14.2. The molecular weight excluding hydrogens is 284 g/mol. The third-order valence-corrected chi connectivity index (χ3v) is 4.56. The molecule has 1 aliphatic heterocycles. The fourth-order valence-corrected chi connectivity index (χ4v) is 3.34. The molecule has 0 aliphatic carbocycles. The number of thiazole rings is 1. The summed E-state index contributed by atoms with van der Waals surface area (Å²) < 4.78 is 0. The molecule has 110 valence electrons. The van der Waals surface area contributed by atoms with Crippen LogP contribution in [-0.4, -0.2) is 58.4 Å². The Kier molecular flexibility index (Phi) is 3.98. The van der Waals surface area contributed by atoms with Gasteiger partial charge in [-0.15, -0.1) is 11.3 Å². The van der Waals surface area contributed by atoms with Gasteiger partial charge in [0.15, 0.2) is 0 Å². The summed E-state index contributed by atoms with van der Waals surface area (Å²) in [6, 6.07) is 5.92. The second-order valence-electron chi connectivity index (χ2n) is 5.36. The van der Waals surface area contributed by atoms with Crippen molar-refractivity contribution in [3.8, 4) is 10.7 Å². The lowest BCUT2D eigenvalue weighted by Gasteiger charge is -2.37. The Labute approximate surface area is 128 Å². The molecule has 3 rings (SSSR count). The van der Waals surface area contributed by atoms with Gasteiger partial charge in [0.25, 0.3) is 5.91 Å². The molecule has 0 aromatic carbocycles. The van der Waals surface area contributed by atoms with E-state index < -0.39 is 0 Å². The first-order valence-electron chi connectivity index (χ1n) is 7.01. The molecule has 1 aliphatic rings. The minimum atomic E-state index is 0.0223. The number of piperazine rings is 1. The molecule has 1 atom stereocenters. The maximum atomic E-state index is 12.6. The zero-order valence-corrected chi connectivity index (χ0v) is 13.0. The van der Waals surface area contributed by atoms with Gasteiger partial charge in [0.05, 0.1) is 5.69 Å². The van der Waals surface area contributed by atoms with Crippen LogP contribution in [0.2, 0.25) is 0 Å². The van der Waals surface area contributed by atoms with E-state index in [1.54, 1.807) is 6.20 Å². The summed E-state index contributed by atoms with van der Waals surface area (Å²) in [7, 11) is 2.08. The number of nitrogens with zero attached hydrogens (tertiary/aromatic N) is 4. The van der Waals surface area contributed by atoms with Crippen molar-refractivity contribution in [3.05, 3.63) is 35.5 Å². The summed E-state index contributed by atoms with van der Waals surface area (Å²) >= 11 is 1.47. The van der Waals surface area contributed by atoms with Gasteiger partial charge in [-0.25, -0.2) is 4.98 Å². The summed E-state index contributed by atoms with van der Waals surface area (Å²) in [5, 5.41) is 2.62. The van der Waals surface area contributed by atoms with Gasteiger partial charge < -0.3 is 9.80 Å². The Morgan fingerprint density at radius 2 is 2.24 bits per heavy atom. The number of hydrogen-bond acceptors (Lipinski definition) is 5. The number of carbonyl (C=O) groups is 1. The molecule has 1 saturated heterocycles. The lowest BCUT2D eigenvalue weighted by atomic mass is 10.2. The lowest BCUT2D eigenvalue weighted by Crippen LogP contribution is -2.52. The highest BCUT2D eigenvalue weighted by molar-refractivity contribution is 7.13. The average Bonchev–Trinajstić information content (AvgIpc) is 2.97. The summed E-state index contributed by atoms with van der Waals surface area (Å²) in [4.78, 5) is 25.5. The second kappa shape index (κ2) is 5.91. The number of rotatable bonds is 2. The van der Waals surface area contributed by atoms with Crippen molar-refractivity contribution < 1.29 is 4.79 Å². The van der Waals surface area contributed by atoms with Gasteiger partial charge in [0.1, 0.15) is 10.7 Å². The van der Waals surface area contributed by atoms with Crippen molar-refractivity contribution >= 4 is 17.2 Å². The highest BCUT2D eigenvalue weighted by Gasteiger charge is 2.28. The van der Waals surface area contributed by atoms with E-state index in [-0.39, 0.29) is 11.9 Å².